The van der Waals surface area contributed by atoms with Crippen molar-refractivity contribution >= 4 is 17.4 Å². The molecular formula is C22H22N2. The van der Waals surface area contributed by atoms with Gasteiger partial charge in [0.25, 0.3) is 0 Å². The number of allylic oxidation sites excluding steroid dienone is 3. The average molecular weight is 314 g/mol. The molecule has 24 heavy (non-hydrogen) atoms. The zero-order valence-electron chi connectivity index (χ0n) is 14.5. The predicted molar refractivity (Wildman–Crippen MR) is 103 cm³/mol. The fourth-order valence-electron chi connectivity index (χ4n) is 2.83. The molecule has 0 spiro atoms. The Hall–Kier alpha value is -2.87. The first-order chi connectivity index (χ1) is 11.5. The van der Waals surface area contributed by atoms with Gasteiger partial charge in [-0.2, -0.15) is 5.10 Å². The molecule has 0 bridgehead atoms. The molecule has 2 heteroatoms. The van der Waals surface area contributed by atoms with E-state index in [2.05, 4.69) is 80.6 Å². The zero-order chi connectivity index (χ0) is 17.3. The van der Waals surface area contributed by atoms with Gasteiger partial charge >= 0.3 is 0 Å². The predicted octanol–water partition coefficient (Wildman–Crippen LogP) is 5.56. The second-order valence-electron chi connectivity index (χ2n) is 6.26. The van der Waals surface area contributed by atoms with E-state index in [1.807, 2.05) is 13.1 Å². The Kier molecular flexibility index (Phi) is 4.22. The summed E-state index contributed by atoms with van der Waals surface area (Å²) in [7, 11) is 0. The minimum absolute atomic E-state index is 0.851. The SMILES string of the molecule is C=C(C)N1N=CC(c2ccc(C)cc2)=C(c2ccc(C)cc2)C1=C. The topological polar surface area (TPSA) is 15.6 Å². The van der Waals surface area contributed by atoms with Crippen LogP contribution in [0.4, 0.5) is 0 Å². The molecule has 0 atom stereocenters. The largest absolute Gasteiger partial charge is 0.239 e. The summed E-state index contributed by atoms with van der Waals surface area (Å²) in [5.41, 5.74) is 8.64. The van der Waals surface area contributed by atoms with Crippen molar-refractivity contribution in [2.45, 2.75) is 20.8 Å². The summed E-state index contributed by atoms with van der Waals surface area (Å²) in [6.07, 6.45) is 1.91. The molecule has 0 aliphatic carbocycles. The molecule has 0 N–H and O–H groups in total. The van der Waals surface area contributed by atoms with Gasteiger partial charge in [-0.25, -0.2) is 5.01 Å². The summed E-state index contributed by atoms with van der Waals surface area (Å²) >= 11 is 0. The molecule has 0 unspecified atom stereocenters. The summed E-state index contributed by atoms with van der Waals surface area (Å²) in [6, 6.07) is 17.0. The fourth-order valence-corrected chi connectivity index (χ4v) is 2.83. The molecule has 0 saturated carbocycles. The highest BCUT2D eigenvalue weighted by molar-refractivity contribution is 6.22. The molecule has 2 aromatic carbocycles. The standard InChI is InChI=1S/C22H22N2/c1-15(2)24-18(5)22(20-12-8-17(4)9-13-20)21(14-23-24)19-10-6-16(3)7-11-19/h6-14H,1,5H2,2-4H3. The van der Waals surface area contributed by atoms with E-state index >= 15 is 0 Å². The summed E-state index contributed by atoms with van der Waals surface area (Å²) in [4.78, 5) is 0. The van der Waals surface area contributed by atoms with Crippen molar-refractivity contribution in [3.63, 3.8) is 0 Å². The minimum Gasteiger partial charge on any atom is -0.239 e. The van der Waals surface area contributed by atoms with Crippen LogP contribution in [-0.4, -0.2) is 11.2 Å². The fraction of sp³-hybridized carbons (Fsp3) is 0.136. The maximum atomic E-state index is 4.53. The van der Waals surface area contributed by atoms with Crippen LogP contribution in [0.2, 0.25) is 0 Å². The van der Waals surface area contributed by atoms with Gasteiger partial charge in [-0.05, 0) is 31.9 Å². The highest BCUT2D eigenvalue weighted by Gasteiger charge is 2.22. The molecule has 0 radical (unpaired) electrons. The summed E-state index contributed by atoms with van der Waals surface area (Å²) in [6.45, 7) is 14.4. The molecule has 1 aliphatic rings. The van der Waals surface area contributed by atoms with E-state index in [1.165, 1.54) is 11.1 Å². The first kappa shape index (κ1) is 16.0. The van der Waals surface area contributed by atoms with Crippen LogP contribution >= 0.6 is 0 Å². The van der Waals surface area contributed by atoms with Gasteiger partial charge in [0.05, 0.1) is 11.9 Å². The zero-order valence-corrected chi connectivity index (χ0v) is 14.5. The molecule has 2 aromatic rings. The lowest BCUT2D eigenvalue weighted by Crippen LogP contribution is -2.19. The van der Waals surface area contributed by atoms with Gasteiger partial charge in [0, 0.05) is 16.8 Å². The van der Waals surface area contributed by atoms with Gasteiger partial charge in [0.1, 0.15) is 0 Å². The Balaban J connectivity index is 2.20. The Bertz CT molecular complexity index is 850. The van der Waals surface area contributed by atoms with Gasteiger partial charge in [-0.3, -0.25) is 0 Å². The van der Waals surface area contributed by atoms with Crippen molar-refractivity contribution < 1.29 is 0 Å². The first-order valence-electron chi connectivity index (χ1n) is 8.04. The number of hydrogen-bond acceptors (Lipinski definition) is 2. The summed E-state index contributed by atoms with van der Waals surface area (Å²) in [5, 5.41) is 6.33. The van der Waals surface area contributed by atoms with Crippen LogP contribution in [0.15, 0.2) is 78.2 Å². The quantitative estimate of drug-likeness (QED) is 0.724. The molecule has 3 rings (SSSR count). The monoisotopic (exact) mass is 314 g/mol. The summed E-state index contributed by atoms with van der Waals surface area (Å²) < 4.78 is 0. The van der Waals surface area contributed by atoms with Crippen molar-refractivity contribution in [3.8, 4) is 0 Å². The second-order valence-corrected chi connectivity index (χ2v) is 6.26. The number of aryl methyl sites for hydroxylation is 2. The van der Waals surface area contributed by atoms with Gasteiger partial charge in [0.15, 0.2) is 0 Å². The molecule has 0 fully saturated rings. The second kappa shape index (κ2) is 6.32. The number of benzene rings is 2. The Morgan fingerprint density at radius 1 is 0.875 bits per heavy atom. The van der Waals surface area contributed by atoms with Gasteiger partial charge in [-0.15, -0.1) is 0 Å². The molecule has 0 aromatic heterocycles. The smallest absolute Gasteiger partial charge is 0.0661 e. The van der Waals surface area contributed by atoms with Crippen molar-refractivity contribution in [2.24, 2.45) is 5.10 Å². The van der Waals surface area contributed by atoms with Crippen LogP contribution in [0.25, 0.3) is 11.1 Å². The van der Waals surface area contributed by atoms with E-state index in [4.69, 9.17) is 0 Å². The number of hydrogen-bond donors (Lipinski definition) is 0. The Morgan fingerprint density at radius 3 is 1.88 bits per heavy atom. The molecule has 1 heterocycles. The number of rotatable bonds is 3. The molecule has 1 aliphatic heterocycles. The third kappa shape index (κ3) is 2.95. The number of hydrazone groups is 1. The van der Waals surface area contributed by atoms with Crippen LogP contribution in [0.5, 0.6) is 0 Å². The summed E-state index contributed by atoms with van der Waals surface area (Å²) in [5.74, 6) is 0. The minimum atomic E-state index is 0.851. The third-order valence-electron chi connectivity index (χ3n) is 4.18. The third-order valence-corrected chi connectivity index (χ3v) is 4.18. The van der Waals surface area contributed by atoms with Crippen molar-refractivity contribution in [1.29, 1.82) is 0 Å². The first-order valence-corrected chi connectivity index (χ1v) is 8.04. The number of nitrogens with zero attached hydrogens (tertiary/aromatic N) is 2. The molecular weight excluding hydrogens is 292 g/mol. The molecule has 0 saturated heterocycles. The van der Waals surface area contributed by atoms with Gasteiger partial charge < -0.3 is 0 Å². The lowest BCUT2D eigenvalue weighted by Gasteiger charge is -2.29. The average Bonchev–Trinajstić information content (AvgIpc) is 2.56. The van der Waals surface area contributed by atoms with E-state index in [0.717, 1.165) is 33.7 Å². The lowest BCUT2D eigenvalue weighted by atomic mass is 9.91. The van der Waals surface area contributed by atoms with E-state index in [-0.39, 0.29) is 0 Å². The lowest BCUT2D eigenvalue weighted by molar-refractivity contribution is 0.479. The van der Waals surface area contributed by atoms with Crippen LogP contribution in [0.1, 0.15) is 29.2 Å². The maximum Gasteiger partial charge on any atom is 0.0661 e. The molecule has 120 valence electrons. The normalized spacial score (nSPS) is 14.3. The highest BCUT2D eigenvalue weighted by Crippen LogP contribution is 2.36. The Labute approximate surface area is 144 Å². The van der Waals surface area contributed by atoms with Gasteiger partial charge in [-0.1, -0.05) is 72.8 Å². The van der Waals surface area contributed by atoms with E-state index < -0.39 is 0 Å². The van der Waals surface area contributed by atoms with Gasteiger partial charge in [0.2, 0.25) is 0 Å². The molecule has 0 amide bonds. The van der Waals surface area contributed by atoms with E-state index in [9.17, 15) is 0 Å². The Morgan fingerprint density at radius 2 is 1.38 bits per heavy atom. The van der Waals surface area contributed by atoms with Crippen LogP contribution in [0.3, 0.4) is 0 Å². The van der Waals surface area contributed by atoms with Crippen molar-refractivity contribution in [3.05, 3.63) is 95.3 Å². The highest BCUT2D eigenvalue weighted by atomic mass is 15.5. The molecule has 2 nitrogen and oxygen atoms in total. The van der Waals surface area contributed by atoms with Crippen LogP contribution in [0, 0.1) is 13.8 Å². The van der Waals surface area contributed by atoms with E-state index in [1.54, 1.807) is 5.01 Å². The van der Waals surface area contributed by atoms with Crippen molar-refractivity contribution in [2.75, 3.05) is 0 Å². The van der Waals surface area contributed by atoms with E-state index in [0.29, 0.717) is 0 Å². The maximum absolute atomic E-state index is 4.53. The van der Waals surface area contributed by atoms with Crippen LogP contribution < -0.4 is 0 Å². The van der Waals surface area contributed by atoms with Crippen molar-refractivity contribution in [1.82, 2.24) is 5.01 Å². The van der Waals surface area contributed by atoms with Crippen LogP contribution in [-0.2, 0) is 0 Å².